The van der Waals surface area contributed by atoms with Crippen LogP contribution in [-0.4, -0.2) is 15.9 Å². The summed E-state index contributed by atoms with van der Waals surface area (Å²) in [6.07, 6.45) is 1.73. The van der Waals surface area contributed by atoms with Gasteiger partial charge in [0.15, 0.2) is 0 Å². The monoisotopic (exact) mass is 318 g/mol. The summed E-state index contributed by atoms with van der Waals surface area (Å²) in [6, 6.07) is 14.9. The third kappa shape index (κ3) is 3.25. The number of aromatic nitrogens is 2. The summed E-state index contributed by atoms with van der Waals surface area (Å²) < 4.78 is 0. The van der Waals surface area contributed by atoms with Crippen LogP contribution < -0.4 is 11.1 Å². The minimum Gasteiger partial charge on any atom is -0.366 e. The van der Waals surface area contributed by atoms with E-state index in [4.69, 9.17) is 5.73 Å². The number of primary amides is 1. The number of carbonyl (C=O) groups excluding carboxylic acids is 1. The number of nitrogens with one attached hydrogen (secondary N) is 1. The molecule has 0 aliphatic heterocycles. The van der Waals surface area contributed by atoms with Crippen molar-refractivity contribution in [3.63, 3.8) is 0 Å². The van der Waals surface area contributed by atoms with Crippen LogP contribution in [0.15, 0.2) is 54.7 Å². The second-order valence-corrected chi connectivity index (χ2v) is 5.58. The van der Waals surface area contributed by atoms with Crippen molar-refractivity contribution < 1.29 is 4.79 Å². The van der Waals surface area contributed by atoms with E-state index in [9.17, 15) is 4.79 Å². The molecule has 120 valence electrons. The van der Waals surface area contributed by atoms with Crippen molar-refractivity contribution in [1.82, 2.24) is 9.97 Å². The van der Waals surface area contributed by atoms with Crippen molar-refractivity contribution >= 4 is 17.5 Å². The van der Waals surface area contributed by atoms with Gasteiger partial charge < -0.3 is 11.1 Å². The van der Waals surface area contributed by atoms with Gasteiger partial charge in [0.1, 0.15) is 0 Å². The number of benzene rings is 2. The zero-order valence-electron chi connectivity index (χ0n) is 13.6. The fourth-order valence-electron chi connectivity index (χ4n) is 2.44. The van der Waals surface area contributed by atoms with Gasteiger partial charge in [-0.15, -0.1) is 0 Å². The molecule has 0 aliphatic carbocycles. The maximum atomic E-state index is 11.1. The van der Waals surface area contributed by atoms with Crippen LogP contribution in [-0.2, 0) is 0 Å². The average molecular weight is 318 g/mol. The van der Waals surface area contributed by atoms with E-state index >= 15 is 0 Å². The Kier molecular flexibility index (Phi) is 4.24. The zero-order chi connectivity index (χ0) is 17.1. The molecule has 0 radical (unpaired) electrons. The molecule has 0 spiro atoms. The first-order valence-corrected chi connectivity index (χ1v) is 7.61. The van der Waals surface area contributed by atoms with E-state index in [1.807, 2.05) is 12.1 Å². The number of nitrogens with two attached hydrogens (primary N) is 1. The summed E-state index contributed by atoms with van der Waals surface area (Å²) in [5.74, 6) is 0.0509. The maximum absolute atomic E-state index is 11.1. The van der Waals surface area contributed by atoms with Crippen molar-refractivity contribution in [2.75, 3.05) is 5.32 Å². The van der Waals surface area contributed by atoms with Crippen molar-refractivity contribution in [2.45, 2.75) is 13.8 Å². The lowest BCUT2D eigenvalue weighted by Gasteiger charge is -2.10. The second-order valence-electron chi connectivity index (χ2n) is 5.58. The summed E-state index contributed by atoms with van der Waals surface area (Å²) in [6.45, 7) is 4.17. The predicted octanol–water partition coefficient (Wildman–Crippen LogP) is 3.60. The van der Waals surface area contributed by atoms with Gasteiger partial charge >= 0.3 is 0 Å². The molecule has 0 saturated carbocycles. The van der Waals surface area contributed by atoms with Crippen LogP contribution in [0.1, 0.15) is 21.5 Å². The molecule has 3 aromatic rings. The maximum Gasteiger partial charge on any atom is 0.248 e. The van der Waals surface area contributed by atoms with E-state index in [-0.39, 0.29) is 0 Å². The zero-order valence-corrected chi connectivity index (χ0v) is 13.6. The molecule has 0 bridgehead atoms. The van der Waals surface area contributed by atoms with Crippen molar-refractivity contribution in [3.8, 4) is 11.3 Å². The van der Waals surface area contributed by atoms with Crippen molar-refractivity contribution in [2.24, 2.45) is 5.73 Å². The van der Waals surface area contributed by atoms with Gasteiger partial charge in [-0.05, 0) is 55.3 Å². The van der Waals surface area contributed by atoms with Gasteiger partial charge in [0, 0.05) is 23.0 Å². The smallest absolute Gasteiger partial charge is 0.248 e. The highest BCUT2D eigenvalue weighted by molar-refractivity contribution is 5.93. The number of hydrogen-bond acceptors (Lipinski definition) is 4. The fourth-order valence-corrected chi connectivity index (χ4v) is 2.44. The minimum atomic E-state index is -0.449. The van der Waals surface area contributed by atoms with Gasteiger partial charge in [0.2, 0.25) is 11.9 Å². The lowest BCUT2D eigenvalue weighted by molar-refractivity contribution is 0.100. The Hall–Kier alpha value is -3.21. The summed E-state index contributed by atoms with van der Waals surface area (Å²) in [5, 5.41) is 3.14. The Bertz CT molecular complexity index is 888. The minimum absolute atomic E-state index is 0.449. The molecular formula is C19H18N4O. The SMILES string of the molecule is Cc1cccc(-c2ccnc(Nc3ccc(C(N)=O)cc3)n2)c1C. The first-order valence-electron chi connectivity index (χ1n) is 7.61. The Balaban J connectivity index is 1.88. The Labute approximate surface area is 140 Å². The second kappa shape index (κ2) is 6.50. The quantitative estimate of drug-likeness (QED) is 0.770. The van der Waals surface area contributed by atoms with Crippen LogP contribution in [0.4, 0.5) is 11.6 Å². The van der Waals surface area contributed by atoms with Gasteiger partial charge in [-0.3, -0.25) is 4.79 Å². The van der Waals surface area contributed by atoms with Crippen LogP contribution in [0.25, 0.3) is 11.3 Å². The number of rotatable bonds is 4. The van der Waals surface area contributed by atoms with Crippen molar-refractivity contribution in [1.29, 1.82) is 0 Å². The highest BCUT2D eigenvalue weighted by Gasteiger charge is 2.07. The molecular weight excluding hydrogens is 300 g/mol. The van der Waals surface area contributed by atoms with Gasteiger partial charge in [-0.2, -0.15) is 0 Å². The molecule has 5 heteroatoms. The topological polar surface area (TPSA) is 80.9 Å². The fraction of sp³-hybridized carbons (Fsp3) is 0.105. The van der Waals surface area contributed by atoms with E-state index in [0.29, 0.717) is 11.5 Å². The predicted molar refractivity (Wildman–Crippen MR) is 95.2 cm³/mol. The highest BCUT2D eigenvalue weighted by Crippen LogP contribution is 2.24. The normalized spacial score (nSPS) is 10.4. The van der Waals surface area contributed by atoms with E-state index in [2.05, 4.69) is 41.3 Å². The number of hydrogen-bond donors (Lipinski definition) is 2. The van der Waals surface area contributed by atoms with E-state index in [1.54, 1.807) is 30.5 Å². The molecule has 0 unspecified atom stereocenters. The van der Waals surface area contributed by atoms with Crippen LogP contribution in [0.2, 0.25) is 0 Å². The Morgan fingerprint density at radius 2 is 1.79 bits per heavy atom. The molecule has 0 saturated heterocycles. The van der Waals surface area contributed by atoms with Crippen LogP contribution in [0, 0.1) is 13.8 Å². The Morgan fingerprint density at radius 3 is 2.50 bits per heavy atom. The van der Waals surface area contributed by atoms with Gasteiger partial charge in [-0.25, -0.2) is 9.97 Å². The molecule has 5 nitrogen and oxygen atoms in total. The summed E-state index contributed by atoms with van der Waals surface area (Å²) in [4.78, 5) is 19.9. The molecule has 24 heavy (non-hydrogen) atoms. The molecule has 0 atom stereocenters. The largest absolute Gasteiger partial charge is 0.366 e. The van der Waals surface area contributed by atoms with Gasteiger partial charge in [-0.1, -0.05) is 18.2 Å². The average Bonchev–Trinajstić information content (AvgIpc) is 2.58. The molecule has 3 rings (SSSR count). The Morgan fingerprint density at radius 1 is 1.04 bits per heavy atom. The van der Waals surface area contributed by atoms with E-state index in [1.165, 1.54) is 11.1 Å². The summed E-state index contributed by atoms with van der Waals surface area (Å²) >= 11 is 0. The molecule has 2 aromatic carbocycles. The number of aryl methyl sites for hydroxylation is 1. The van der Waals surface area contributed by atoms with Crippen molar-refractivity contribution in [3.05, 3.63) is 71.4 Å². The molecule has 1 amide bonds. The molecule has 1 aromatic heterocycles. The van der Waals surface area contributed by atoms with E-state index in [0.717, 1.165) is 16.9 Å². The number of carbonyl (C=O) groups is 1. The molecule has 3 N–H and O–H groups in total. The number of nitrogens with zero attached hydrogens (tertiary/aromatic N) is 2. The number of anilines is 2. The lowest BCUT2D eigenvalue weighted by Crippen LogP contribution is -2.10. The first kappa shape index (κ1) is 15.7. The van der Waals surface area contributed by atoms with Gasteiger partial charge in [0.25, 0.3) is 0 Å². The highest BCUT2D eigenvalue weighted by atomic mass is 16.1. The van der Waals surface area contributed by atoms with Crippen LogP contribution in [0.3, 0.4) is 0 Å². The number of amides is 1. The van der Waals surface area contributed by atoms with E-state index < -0.39 is 5.91 Å². The van der Waals surface area contributed by atoms with Crippen LogP contribution >= 0.6 is 0 Å². The van der Waals surface area contributed by atoms with Crippen LogP contribution in [0.5, 0.6) is 0 Å². The molecule has 0 aliphatic rings. The summed E-state index contributed by atoms with van der Waals surface area (Å²) in [5.41, 5.74) is 10.9. The molecule has 0 fully saturated rings. The van der Waals surface area contributed by atoms with Gasteiger partial charge in [0.05, 0.1) is 5.69 Å². The summed E-state index contributed by atoms with van der Waals surface area (Å²) in [7, 11) is 0. The first-order chi connectivity index (χ1) is 11.5. The third-order valence-electron chi connectivity index (χ3n) is 3.96. The third-order valence-corrected chi connectivity index (χ3v) is 3.96. The molecule has 1 heterocycles. The lowest BCUT2D eigenvalue weighted by atomic mass is 10.0. The standard InChI is InChI=1S/C19H18N4O/c1-12-4-3-5-16(13(12)2)17-10-11-21-19(23-17)22-15-8-6-14(7-9-15)18(20)24/h3-11H,1-2H3,(H2,20,24)(H,21,22,23).